The minimum absolute atomic E-state index is 0.189. The van der Waals surface area contributed by atoms with Crippen LogP contribution in [0.25, 0.3) is 11.1 Å². The number of nitrogens with one attached hydrogen (secondary N) is 2. The number of rotatable bonds is 13. The van der Waals surface area contributed by atoms with E-state index in [1.54, 1.807) is 38.3 Å². The maximum atomic E-state index is 13.5. The normalized spacial score (nSPS) is 10.4. The Morgan fingerprint density at radius 2 is 1.58 bits per heavy atom. The van der Waals surface area contributed by atoms with Gasteiger partial charge in [0.15, 0.2) is 0 Å². The van der Waals surface area contributed by atoms with Gasteiger partial charge in [0.05, 0.1) is 20.8 Å². The quantitative estimate of drug-likeness (QED) is 0.128. The number of carbonyl (C=O) groups excluding carboxylic acids is 2. The van der Waals surface area contributed by atoms with Crippen molar-refractivity contribution >= 4 is 23.2 Å². The van der Waals surface area contributed by atoms with Crippen LogP contribution in [0, 0.1) is 13.8 Å². The van der Waals surface area contributed by atoms with Gasteiger partial charge in [-0.2, -0.15) is 0 Å². The molecule has 5 aromatic rings. The Morgan fingerprint density at radius 1 is 0.833 bits per heavy atom. The molecule has 2 amide bonds. The van der Waals surface area contributed by atoms with Crippen molar-refractivity contribution in [3.8, 4) is 22.6 Å². The minimum atomic E-state index is -0.234. The van der Waals surface area contributed by atoms with Crippen molar-refractivity contribution < 1.29 is 19.1 Å². The summed E-state index contributed by atoms with van der Waals surface area (Å²) in [6.45, 7) is 6.35. The van der Waals surface area contributed by atoms with Crippen LogP contribution in [0.5, 0.6) is 11.5 Å². The van der Waals surface area contributed by atoms with Crippen LogP contribution in [0.3, 0.4) is 0 Å². The highest BCUT2D eigenvalue weighted by Crippen LogP contribution is 2.31. The molecule has 0 radical (unpaired) electrons. The highest BCUT2D eigenvalue weighted by molar-refractivity contribution is 7.09. The van der Waals surface area contributed by atoms with Gasteiger partial charge in [0.1, 0.15) is 16.5 Å². The summed E-state index contributed by atoms with van der Waals surface area (Å²) in [5, 5.41) is 9.21. The number of para-hydroxylation sites is 1. The molecule has 0 atom stereocenters. The van der Waals surface area contributed by atoms with Crippen molar-refractivity contribution in [1.29, 1.82) is 0 Å². The molecule has 0 spiro atoms. The number of hydrogen-bond acceptors (Lipinski definition) is 7. The molecule has 1 heterocycles. The summed E-state index contributed by atoms with van der Waals surface area (Å²) in [7, 11) is 5.00. The number of ether oxygens (including phenoxy) is 2. The van der Waals surface area contributed by atoms with Gasteiger partial charge in [-0.05, 0) is 74.3 Å². The Balaban J connectivity index is 0.000000659. The zero-order valence-electron chi connectivity index (χ0n) is 28.3. The van der Waals surface area contributed by atoms with Crippen LogP contribution in [-0.2, 0) is 13.1 Å². The number of carbonyl (C=O) groups is 2. The Hall–Kier alpha value is -4.99. The van der Waals surface area contributed by atoms with Crippen molar-refractivity contribution in [2.24, 2.45) is 0 Å². The number of amides is 2. The molecule has 0 aliphatic carbocycles. The van der Waals surface area contributed by atoms with Crippen molar-refractivity contribution in [2.75, 3.05) is 34.4 Å². The summed E-state index contributed by atoms with van der Waals surface area (Å²) in [6.07, 6.45) is 0.754. The number of hydrogen-bond donors (Lipinski definition) is 2. The number of thiazole rings is 1. The lowest BCUT2D eigenvalue weighted by Gasteiger charge is -2.18. The maximum Gasteiger partial charge on any atom is 0.254 e. The summed E-state index contributed by atoms with van der Waals surface area (Å²) in [5.41, 5.74) is 5.76. The fourth-order valence-corrected chi connectivity index (χ4v) is 5.78. The van der Waals surface area contributed by atoms with Gasteiger partial charge in [0.25, 0.3) is 11.8 Å². The largest absolute Gasteiger partial charge is 0.497 e. The number of benzene rings is 4. The number of nitrogens with zero attached hydrogens (tertiary/aromatic N) is 2. The highest BCUT2D eigenvalue weighted by Gasteiger charge is 2.19. The molecule has 0 unspecified atom stereocenters. The zero-order chi connectivity index (χ0) is 34.3. The summed E-state index contributed by atoms with van der Waals surface area (Å²) in [6, 6.07) is 31.0. The summed E-state index contributed by atoms with van der Waals surface area (Å²) >= 11 is 1.52. The average Bonchev–Trinajstić information content (AvgIpc) is 3.53. The number of aryl methyl sites for hydroxylation is 2. The molecule has 0 bridgehead atoms. The van der Waals surface area contributed by atoms with E-state index in [9.17, 15) is 9.59 Å². The lowest BCUT2D eigenvalue weighted by Crippen LogP contribution is -2.29. The molecule has 9 heteroatoms. The van der Waals surface area contributed by atoms with Gasteiger partial charge in [-0.1, -0.05) is 66.2 Å². The second-order valence-corrected chi connectivity index (χ2v) is 12.3. The van der Waals surface area contributed by atoms with E-state index in [-0.39, 0.29) is 11.8 Å². The minimum Gasteiger partial charge on any atom is -0.497 e. The lowest BCUT2D eigenvalue weighted by molar-refractivity contribution is 0.0785. The van der Waals surface area contributed by atoms with Gasteiger partial charge in [-0.25, -0.2) is 4.98 Å². The third-order valence-corrected chi connectivity index (χ3v) is 8.42. The van der Waals surface area contributed by atoms with E-state index >= 15 is 0 Å². The smallest absolute Gasteiger partial charge is 0.254 e. The molecular weight excluding hydrogens is 621 g/mol. The third-order valence-electron chi connectivity index (χ3n) is 7.47. The first-order valence-electron chi connectivity index (χ1n) is 15.9. The first-order chi connectivity index (χ1) is 23.3. The molecule has 5 rings (SSSR count). The van der Waals surface area contributed by atoms with E-state index in [1.807, 2.05) is 85.1 Å². The molecule has 0 aliphatic rings. The Morgan fingerprint density at radius 3 is 2.27 bits per heavy atom. The Kier molecular flexibility index (Phi) is 13.7. The van der Waals surface area contributed by atoms with Gasteiger partial charge in [-0.3, -0.25) is 9.59 Å². The molecule has 8 nitrogen and oxygen atoms in total. The molecule has 48 heavy (non-hydrogen) atoms. The Labute approximate surface area is 287 Å². The van der Waals surface area contributed by atoms with E-state index in [0.29, 0.717) is 36.5 Å². The van der Waals surface area contributed by atoms with Crippen molar-refractivity contribution in [1.82, 2.24) is 20.5 Å². The molecule has 0 fully saturated rings. The van der Waals surface area contributed by atoms with Gasteiger partial charge in [-0.15, -0.1) is 11.3 Å². The van der Waals surface area contributed by atoms with Crippen molar-refractivity contribution in [3.05, 3.63) is 135 Å². The van der Waals surface area contributed by atoms with E-state index in [0.717, 1.165) is 46.1 Å². The molecule has 0 aliphatic heterocycles. The molecule has 2 N–H and O–H groups in total. The monoisotopic (exact) mass is 664 g/mol. The van der Waals surface area contributed by atoms with Crippen LogP contribution in [0.15, 0.2) is 102 Å². The summed E-state index contributed by atoms with van der Waals surface area (Å²) in [4.78, 5) is 32.8. The lowest BCUT2D eigenvalue weighted by atomic mass is 9.98. The molecule has 0 saturated heterocycles. The zero-order valence-corrected chi connectivity index (χ0v) is 29.1. The first-order valence-corrected chi connectivity index (χ1v) is 16.7. The maximum absolute atomic E-state index is 13.5. The van der Waals surface area contributed by atoms with Crippen molar-refractivity contribution in [2.45, 2.75) is 33.4 Å². The van der Waals surface area contributed by atoms with Crippen LogP contribution in [0.4, 0.5) is 0 Å². The van der Waals surface area contributed by atoms with Crippen LogP contribution in [0.1, 0.15) is 49.0 Å². The van der Waals surface area contributed by atoms with Gasteiger partial charge >= 0.3 is 0 Å². The summed E-state index contributed by atoms with van der Waals surface area (Å²) < 4.78 is 10.8. The second-order valence-electron chi connectivity index (χ2n) is 11.3. The van der Waals surface area contributed by atoms with Crippen molar-refractivity contribution in [3.63, 3.8) is 0 Å². The molecular formula is C39H44N4O4S. The molecule has 1 aromatic heterocycles. The van der Waals surface area contributed by atoms with Gasteiger partial charge in [0, 0.05) is 47.9 Å². The predicted molar refractivity (Wildman–Crippen MR) is 194 cm³/mol. The van der Waals surface area contributed by atoms with Gasteiger partial charge < -0.3 is 25.0 Å². The standard InChI is InChI=1S/C32H36N4O4S.C7H8/c1-22-21-41-30(35-22)20-36(2)32(38)26-17-24(28-11-5-6-12-29(28)40-4)16-25(18-26)31(37)34-14-8-13-33-19-23-9-7-10-27(15-23)39-3;1-7-5-3-2-4-6-7/h5-7,9-12,15-18,21,33H,8,13-14,19-20H2,1-4H3,(H,34,37);2-6H,1H3. The van der Waals surface area contributed by atoms with E-state index in [2.05, 4.69) is 34.7 Å². The van der Waals surface area contributed by atoms with Crippen LogP contribution >= 0.6 is 11.3 Å². The second kappa shape index (κ2) is 18.4. The van der Waals surface area contributed by atoms with E-state index in [4.69, 9.17) is 9.47 Å². The molecule has 250 valence electrons. The average molecular weight is 665 g/mol. The molecule has 4 aromatic carbocycles. The number of aromatic nitrogens is 1. The fraction of sp³-hybridized carbons (Fsp3) is 0.256. The van der Waals surface area contributed by atoms with Crippen LogP contribution in [-0.4, -0.2) is 56.1 Å². The van der Waals surface area contributed by atoms with E-state index < -0.39 is 0 Å². The summed E-state index contributed by atoms with van der Waals surface area (Å²) in [5.74, 6) is 1.07. The van der Waals surface area contributed by atoms with E-state index in [1.165, 1.54) is 16.9 Å². The molecule has 0 saturated carbocycles. The topological polar surface area (TPSA) is 92.8 Å². The number of methoxy groups -OCH3 is 2. The Bertz CT molecular complexity index is 1770. The fourth-order valence-electron chi connectivity index (χ4n) is 4.96. The highest BCUT2D eigenvalue weighted by atomic mass is 32.1. The van der Waals surface area contributed by atoms with Crippen LogP contribution < -0.4 is 20.1 Å². The third kappa shape index (κ3) is 10.8. The van der Waals surface area contributed by atoms with Crippen LogP contribution in [0.2, 0.25) is 0 Å². The first kappa shape index (κ1) is 35.9. The predicted octanol–water partition coefficient (Wildman–Crippen LogP) is 7.31. The SMILES string of the molecule is COc1cccc(CNCCCNC(=O)c2cc(C(=O)N(C)Cc3nc(C)cs3)cc(-c3ccccc3OC)c2)c1.Cc1ccccc1. The van der Waals surface area contributed by atoms with Gasteiger partial charge in [0.2, 0.25) is 0 Å².